The second-order valence-electron chi connectivity index (χ2n) is 5.03. The lowest BCUT2D eigenvalue weighted by Crippen LogP contribution is -2.44. The summed E-state index contributed by atoms with van der Waals surface area (Å²) in [5.41, 5.74) is 0. The van der Waals surface area contributed by atoms with Gasteiger partial charge >= 0.3 is 0 Å². The first-order valence-corrected chi connectivity index (χ1v) is 9.06. The van der Waals surface area contributed by atoms with Crippen molar-refractivity contribution in [3.8, 4) is 0 Å². The molecule has 2 rings (SSSR count). The first kappa shape index (κ1) is 16.2. The zero-order valence-corrected chi connectivity index (χ0v) is 14.1. The molecule has 2 aromatic heterocycles. The molecule has 2 aromatic rings. The van der Waals surface area contributed by atoms with Crippen molar-refractivity contribution in [1.29, 1.82) is 0 Å². The Morgan fingerprint density at radius 2 is 2.00 bits per heavy atom. The number of thiophene rings is 2. The van der Waals surface area contributed by atoms with Crippen molar-refractivity contribution in [3.05, 3.63) is 44.8 Å². The average Bonchev–Trinajstić information content (AvgIpc) is 3.16. The van der Waals surface area contributed by atoms with Crippen molar-refractivity contribution in [2.75, 3.05) is 6.54 Å². The molecule has 0 saturated heterocycles. The Kier molecular flexibility index (Phi) is 6.42. The van der Waals surface area contributed by atoms with Crippen molar-refractivity contribution < 1.29 is 4.79 Å². The number of hydrogen-bond donors (Lipinski definition) is 2. The predicted octanol–water partition coefficient (Wildman–Crippen LogP) is 3.60. The fraction of sp³-hybridized carbons (Fsp3) is 0.438. The van der Waals surface area contributed by atoms with Crippen LogP contribution in [0.4, 0.5) is 0 Å². The first-order chi connectivity index (χ1) is 10.2. The number of nitrogens with one attached hydrogen (secondary N) is 2. The summed E-state index contributed by atoms with van der Waals surface area (Å²) in [6.07, 6.45) is 1.88. The lowest BCUT2D eigenvalue weighted by atomic mass is 10.1. The SMILES string of the molecule is CCCNC(=O)C(C)NC(Cc1cccs1)c1cccs1. The van der Waals surface area contributed by atoms with Crippen LogP contribution in [-0.4, -0.2) is 18.5 Å². The molecule has 21 heavy (non-hydrogen) atoms. The molecule has 0 fully saturated rings. The van der Waals surface area contributed by atoms with Crippen LogP contribution < -0.4 is 10.6 Å². The van der Waals surface area contributed by atoms with E-state index in [0.717, 1.165) is 19.4 Å². The summed E-state index contributed by atoms with van der Waals surface area (Å²) in [7, 11) is 0. The smallest absolute Gasteiger partial charge is 0.236 e. The Morgan fingerprint density at radius 3 is 2.62 bits per heavy atom. The van der Waals surface area contributed by atoms with Crippen LogP contribution in [0.2, 0.25) is 0 Å². The molecule has 0 bridgehead atoms. The van der Waals surface area contributed by atoms with Gasteiger partial charge in [0.05, 0.1) is 6.04 Å². The van der Waals surface area contributed by atoms with E-state index in [4.69, 9.17) is 0 Å². The van der Waals surface area contributed by atoms with Gasteiger partial charge < -0.3 is 5.32 Å². The van der Waals surface area contributed by atoms with Gasteiger partial charge in [-0.3, -0.25) is 10.1 Å². The lowest BCUT2D eigenvalue weighted by molar-refractivity contribution is -0.122. The lowest BCUT2D eigenvalue weighted by Gasteiger charge is -2.22. The number of carbonyl (C=O) groups is 1. The molecule has 0 radical (unpaired) electrons. The fourth-order valence-corrected chi connectivity index (χ4v) is 3.68. The van der Waals surface area contributed by atoms with E-state index in [1.807, 2.05) is 6.92 Å². The monoisotopic (exact) mass is 322 g/mol. The van der Waals surface area contributed by atoms with Crippen LogP contribution in [-0.2, 0) is 11.2 Å². The minimum atomic E-state index is -0.191. The van der Waals surface area contributed by atoms with E-state index in [-0.39, 0.29) is 18.0 Å². The Labute approximate surface area is 134 Å². The molecular weight excluding hydrogens is 300 g/mol. The van der Waals surface area contributed by atoms with Gasteiger partial charge in [-0.05, 0) is 36.2 Å². The van der Waals surface area contributed by atoms with Crippen molar-refractivity contribution in [3.63, 3.8) is 0 Å². The highest BCUT2D eigenvalue weighted by atomic mass is 32.1. The molecule has 2 atom stereocenters. The van der Waals surface area contributed by atoms with Gasteiger partial charge in [-0.25, -0.2) is 0 Å². The maximum absolute atomic E-state index is 12.0. The maximum Gasteiger partial charge on any atom is 0.236 e. The van der Waals surface area contributed by atoms with Crippen LogP contribution >= 0.6 is 22.7 Å². The molecule has 5 heteroatoms. The molecule has 0 aromatic carbocycles. The van der Waals surface area contributed by atoms with E-state index in [9.17, 15) is 4.79 Å². The van der Waals surface area contributed by atoms with Crippen molar-refractivity contribution in [2.45, 2.75) is 38.8 Å². The van der Waals surface area contributed by atoms with E-state index < -0.39 is 0 Å². The molecule has 0 aliphatic rings. The zero-order chi connectivity index (χ0) is 15.1. The van der Waals surface area contributed by atoms with Gasteiger partial charge in [0, 0.05) is 28.8 Å². The Bertz CT molecular complexity index is 522. The van der Waals surface area contributed by atoms with E-state index in [0.29, 0.717) is 0 Å². The predicted molar refractivity (Wildman–Crippen MR) is 91.0 cm³/mol. The van der Waals surface area contributed by atoms with Gasteiger partial charge in [0.2, 0.25) is 5.91 Å². The molecule has 0 spiro atoms. The summed E-state index contributed by atoms with van der Waals surface area (Å²) < 4.78 is 0. The van der Waals surface area contributed by atoms with E-state index >= 15 is 0 Å². The van der Waals surface area contributed by atoms with Crippen LogP contribution in [0.5, 0.6) is 0 Å². The highest BCUT2D eigenvalue weighted by Gasteiger charge is 2.20. The second-order valence-corrected chi connectivity index (χ2v) is 7.04. The number of carbonyl (C=O) groups excluding carboxylic acids is 1. The van der Waals surface area contributed by atoms with Crippen LogP contribution in [0.1, 0.15) is 36.1 Å². The highest BCUT2D eigenvalue weighted by Crippen LogP contribution is 2.25. The van der Waals surface area contributed by atoms with Gasteiger partial charge in [-0.2, -0.15) is 0 Å². The Balaban J connectivity index is 2.00. The molecule has 0 saturated carbocycles. The van der Waals surface area contributed by atoms with Crippen LogP contribution in [0.15, 0.2) is 35.0 Å². The third kappa shape index (κ3) is 4.95. The molecule has 2 N–H and O–H groups in total. The first-order valence-electron chi connectivity index (χ1n) is 7.30. The van der Waals surface area contributed by atoms with Crippen LogP contribution in [0.3, 0.4) is 0 Å². The Morgan fingerprint density at radius 1 is 1.24 bits per heavy atom. The van der Waals surface area contributed by atoms with Crippen molar-refractivity contribution in [1.82, 2.24) is 10.6 Å². The average molecular weight is 322 g/mol. The standard InChI is InChI=1S/C16H22N2OS2/c1-3-8-17-16(19)12(2)18-14(15-7-5-10-21-15)11-13-6-4-9-20-13/h4-7,9-10,12,14,18H,3,8,11H2,1-2H3,(H,17,19). The van der Waals surface area contributed by atoms with E-state index in [1.54, 1.807) is 22.7 Å². The molecule has 3 nitrogen and oxygen atoms in total. The second kappa shape index (κ2) is 8.32. The summed E-state index contributed by atoms with van der Waals surface area (Å²) in [6.45, 7) is 4.73. The number of rotatable bonds is 8. The van der Waals surface area contributed by atoms with Crippen molar-refractivity contribution in [2.24, 2.45) is 0 Å². The summed E-state index contributed by atoms with van der Waals surface area (Å²) in [6, 6.07) is 8.41. The molecule has 2 heterocycles. The van der Waals surface area contributed by atoms with Gasteiger partial charge in [-0.15, -0.1) is 22.7 Å². The fourth-order valence-electron chi connectivity index (χ4n) is 2.14. The summed E-state index contributed by atoms with van der Waals surface area (Å²) in [5.74, 6) is 0.0737. The molecular formula is C16H22N2OS2. The third-order valence-electron chi connectivity index (χ3n) is 3.27. The zero-order valence-electron chi connectivity index (χ0n) is 12.5. The third-order valence-corrected chi connectivity index (χ3v) is 5.15. The quantitative estimate of drug-likeness (QED) is 0.780. The summed E-state index contributed by atoms with van der Waals surface area (Å²) >= 11 is 3.50. The van der Waals surface area contributed by atoms with Gasteiger partial charge in [0.15, 0.2) is 0 Å². The number of amides is 1. The van der Waals surface area contributed by atoms with Gasteiger partial charge in [0.1, 0.15) is 0 Å². The van der Waals surface area contributed by atoms with Crippen LogP contribution in [0, 0.1) is 0 Å². The normalized spacial score (nSPS) is 13.8. The van der Waals surface area contributed by atoms with E-state index in [2.05, 4.69) is 52.6 Å². The van der Waals surface area contributed by atoms with Gasteiger partial charge in [0.25, 0.3) is 0 Å². The maximum atomic E-state index is 12.0. The van der Waals surface area contributed by atoms with Gasteiger partial charge in [-0.1, -0.05) is 19.1 Å². The topological polar surface area (TPSA) is 41.1 Å². The largest absolute Gasteiger partial charge is 0.355 e. The molecule has 114 valence electrons. The van der Waals surface area contributed by atoms with Crippen LogP contribution in [0.25, 0.3) is 0 Å². The van der Waals surface area contributed by atoms with Crippen molar-refractivity contribution >= 4 is 28.6 Å². The summed E-state index contributed by atoms with van der Waals surface area (Å²) in [5, 5.41) is 10.6. The Hall–Kier alpha value is -1.17. The minimum Gasteiger partial charge on any atom is -0.355 e. The minimum absolute atomic E-state index is 0.0737. The molecule has 0 aliphatic heterocycles. The molecule has 2 unspecified atom stereocenters. The molecule has 0 aliphatic carbocycles. The highest BCUT2D eigenvalue weighted by molar-refractivity contribution is 7.10. The van der Waals surface area contributed by atoms with E-state index in [1.165, 1.54) is 9.75 Å². The summed E-state index contributed by atoms with van der Waals surface area (Å²) in [4.78, 5) is 14.7. The molecule has 1 amide bonds. The number of hydrogen-bond acceptors (Lipinski definition) is 4.